The molecule has 0 unspecified atom stereocenters. The van der Waals surface area contributed by atoms with Crippen molar-refractivity contribution < 1.29 is 28.6 Å². The van der Waals surface area contributed by atoms with E-state index in [-0.39, 0.29) is 30.0 Å². The van der Waals surface area contributed by atoms with Crippen LogP contribution in [0, 0.1) is 5.92 Å². The second-order valence-electron chi connectivity index (χ2n) is 6.89. The molecule has 0 radical (unpaired) electrons. The lowest BCUT2D eigenvalue weighted by atomic mass is 9.97. The lowest BCUT2D eigenvalue weighted by molar-refractivity contribution is -0.151. The first-order chi connectivity index (χ1) is 14.6. The van der Waals surface area contributed by atoms with Crippen LogP contribution in [0.15, 0.2) is 54.6 Å². The third kappa shape index (κ3) is 5.59. The van der Waals surface area contributed by atoms with Gasteiger partial charge in [0.15, 0.2) is 6.61 Å². The van der Waals surface area contributed by atoms with E-state index >= 15 is 0 Å². The van der Waals surface area contributed by atoms with Crippen LogP contribution in [-0.4, -0.2) is 49.0 Å². The molecule has 1 fully saturated rings. The molecule has 1 aliphatic rings. The SMILES string of the molecule is CCOC(=O)C1CCN(C(=O)COC(=O)c2ccccc2Oc2ccccc2)CC1. The molecule has 7 heteroatoms. The van der Waals surface area contributed by atoms with Gasteiger partial charge in [-0.2, -0.15) is 0 Å². The summed E-state index contributed by atoms with van der Waals surface area (Å²) in [6.07, 6.45) is 1.10. The predicted octanol–water partition coefficient (Wildman–Crippen LogP) is 3.44. The van der Waals surface area contributed by atoms with Crippen molar-refractivity contribution in [1.82, 2.24) is 4.90 Å². The van der Waals surface area contributed by atoms with E-state index in [1.165, 1.54) is 0 Å². The van der Waals surface area contributed by atoms with Crippen LogP contribution in [0.1, 0.15) is 30.1 Å². The normalized spacial score (nSPS) is 14.1. The van der Waals surface area contributed by atoms with E-state index in [9.17, 15) is 14.4 Å². The lowest BCUT2D eigenvalue weighted by Gasteiger charge is -2.30. The number of piperidine rings is 1. The van der Waals surface area contributed by atoms with Gasteiger partial charge in [-0.3, -0.25) is 9.59 Å². The van der Waals surface area contributed by atoms with Crippen molar-refractivity contribution in [2.45, 2.75) is 19.8 Å². The molecule has 0 N–H and O–H groups in total. The number of benzene rings is 2. The molecule has 0 aromatic heterocycles. The average molecular weight is 411 g/mol. The first-order valence-corrected chi connectivity index (χ1v) is 10.0. The highest BCUT2D eigenvalue weighted by molar-refractivity contribution is 5.94. The number of hydrogen-bond acceptors (Lipinski definition) is 6. The molecule has 0 atom stereocenters. The highest BCUT2D eigenvalue weighted by Crippen LogP contribution is 2.25. The van der Waals surface area contributed by atoms with Crippen molar-refractivity contribution in [3.63, 3.8) is 0 Å². The Balaban J connectivity index is 1.52. The summed E-state index contributed by atoms with van der Waals surface area (Å²) < 4.78 is 16.0. The van der Waals surface area contributed by atoms with Gasteiger partial charge in [-0.25, -0.2) is 4.79 Å². The van der Waals surface area contributed by atoms with Gasteiger partial charge < -0.3 is 19.1 Å². The third-order valence-corrected chi connectivity index (χ3v) is 4.87. The van der Waals surface area contributed by atoms with Gasteiger partial charge in [0, 0.05) is 13.1 Å². The maximum absolute atomic E-state index is 12.5. The number of rotatable bonds is 7. The fraction of sp³-hybridized carbons (Fsp3) is 0.348. The van der Waals surface area contributed by atoms with Crippen molar-refractivity contribution in [3.8, 4) is 11.5 Å². The number of carbonyl (C=O) groups excluding carboxylic acids is 3. The molecule has 30 heavy (non-hydrogen) atoms. The number of carbonyl (C=O) groups is 3. The fourth-order valence-corrected chi connectivity index (χ4v) is 3.26. The van der Waals surface area contributed by atoms with Gasteiger partial charge in [0.1, 0.15) is 17.1 Å². The van der Waals surface area contributed by atoms with Crippen LogP contribution in [0.5, 0.6) is 11.5 Å². The minimum absolute atomic E-state index is 0.182. The molecular weight excluding hydrogens is 386 g/mol. The van der Waals surface area contributed by atoms with Gasteiger partial charge in [-0.1, -0.05) is 30.3 Å². The molecule has 0 spiro atoms. The van der Waals surface area contributed by atoms with E-state index in [0.717, 1.165) is 0 Å². The van der Waals surface area contributed by atoms with E-state index in [0.29, 0.717) is 44.0 Å². The zero-order valence-electron chi connectivity index (χ0n) is 16.9. The first-order valence-electron chi connectivity index (χ1n) is 10.0. The molecule has 1 aliphatic heterocycles. The third-order valence-electron chi connectivity index (χ3n) is 4.87. The number of esters is 2. The van der Waals surface area contributed by atoms with Crippen molar-refractivity contribution >= 4 is 17.8 Å². The highest BCUT2D eigenvalue weighted by atomic mass is 16.5. The van der Waals surface area contributed by atoms with E-state index < -0.39 is 5.97 Å². The zero-order valence-corrected chi connectivity index (χ0v) is 16.9. The zero-order chi connectivity index (χ0) is 21.3. The second kappa shape index (κ2) is 10.4. The highest BCUT2D eigenvalue weighted by Gasteiger charge is 2.28. The largest absolute Gasteiger partial charge is 0.466 e. The van der Waals surface area contributed by atoms with Gasteiger partial charge in [-0.05, 0) is 44.0 Å². The molecule has 2 aromatic rings. The Morgan fingerprint density at radius 1 is 0.933 bits per heavy atom. The molecular formula is C23H25NO6. The number of para-hydroxylation sites is 2. The second-order valence-corrected chi connectivity index (χ2v) is 6.89. The molecule has 1 amide bonds. The summed E-state index contributed by atoms with van der Waals surface area (Å²) >= 11 is 0. The molecule has 0 saturated carbocycles. The Bertz CT molecular complexity index is 874. The smallest absolute Gasteiger partial charge is 0.342 e. The Morgan fingerprint density at radius 2 is 1.60 bits per heavy atom. The van der Waals surface area contributed by atoms with Crippen LogP contribution in [0.25, 0.3) is 0 Å². The standard InChI is InChI=1S/C23H25NO6/c1-2-28-22(26)17-12-14-24(15-13-17)21(25)16-29-23(27)19-10-6-7-11-20(19)30-18-8-4-3-5-9-18/h3-11,17H,2,12-16H2,1H3. The predicted molar refractivity (Wildman–Crippen MR) is 109 cm³/mol. The van der Waals surface area contributed by atoms with Crippen LogP contribution < -0.4 is 4.74 Å². The Kier molecular flexibility index (Phi) is 7.43. The number of amides is 1. The minimum Gasteiger partial charge on any atom is -0.466 e. The number of ether oxygens (including phenoxy) is 3. The topological polar surface area (TPSA) is 82.1 Å². The molecule has 158 valence electrons. The molecule has 0 bridgehead atoms. The fourth-order valence-electron chi connectivity index (χ4n) is 3.26. The number of nitrogens with zero attached hydrogens (tertiary/aromatic N) is 1. The van der Waals surface area contributed by atoms with Crippen LogP contribution in [-0.2, 0) is 19.1 Å². The Morgan fingerprint density at radius 3 is 2.30 bits per heavy atom. The number of likely N-dealkylation sites (tertiary alicyclic amines) is 1. The minimum atomic E-state index is -0.628. The van der Waals surface area contributed by atoms with E-state index in [2.05, 4.69) is 0 Å². The maximum Gasteiger partial charge on any atom is 0.342 e. The van der Waals surface area contributed by atoms with E-state index in [1.54, 1.807) is 48.2 Å². The molecule has 7 nitrogen and oxygen atoms in total. The van der Waals surface area contributed by atoms with Crippen LogP contribution in [0.3, 0.4) is 0 Å². The van der Waals surface area contributed by atoms with Crippen molar-refractivity contribution in [2.75, 3.05) is 26.3 Å². The molecule has 0 aliphatic carbocycles. The first kappa shape index (κ1) is 21.4. The van der Waals surface area contributed by atoms with Gasteiger partial charge >= 0.3 is 11.9 Å². The molecule has 1 heterocycles. The maximum atomic E-state index is 12.5. The van der Waals surface area contributed by atoms with Crippen LogP contribution in [0.2, 0.25) is 0 Å². The van der Waals surface area contributed by atoms with Crippen molar-refractivity contribution in [1.29, 1.82) is 0 Å². The van der Waals surface area contributed by atoms with Gasteiger partial charge in [0.2, 0.25) is 0 Å². The monoisotopic (exact) mass is 411 g/mol. The summed E-state index contributed by atoms with van der Waals surface area (Å²) in [5, 5.41) is 0. The Labute approximate surface area is 175 Å². The quantitative estimate of drug-likeness (QED) is 0.649. The summed E-state index contributed by atoms with van der Waals surface area (Å²) in [6, 6.07) is 15.8. The van der Waals surface area contributed by atoms with E-state index in [4.69, 9.17) is 14.2 Å². The van der Waals surface area contributed by atoms with E-state index in [1.807, 2.05) is 18.2 Å². The summed E-state index contributed by atoms with van der Waals surface area (Å²) in [7, 11) is 0. The average Bonchev–Trinajstić information content (AvgIpc) is 2.78. The summed E-state index contributed by atoms with van der Waals surface area (Å²) in [6.45, 7) is 2.64. The lowest BCUT2D eigenvalue weighted by Crippen LogP contribution is -2.42. The summed E-state index contributed by atoms with van der Waals surface area (Å²) in [4.78, 5) is 38.3. The van der Waals surface area contributed by atoms with Crippen LogP contribution >= 0.6 is 0 Å². The van der Waals surface area contributed by atoms with Gasteiger partial charge in [-0.15, -0.1) is 0 Å². The van der Waals surface area contributed by atoms with Crippen LogP contribution in [0.4, 0.5) is 0 Å². The van der Waals surface area contributed by atoms with Crippen molar-refractivity contribution in [2.24, 2.45) is 5.92 Å². The van der Waals surface area contributed by atoms with Crippen molar-refractivity contribution in [3.05, 3.63) is 60.2 Å². The molecule has 2 aromatic carbocycles. The van der Waals surface area contributed by atoms with Gasteiger partial charge in [0.05, 0.1) is 12.5 Å². The molecule has 3 rings (SSSR count). The summed E-state index contributed by atoms with van der Waals surface area (Å²) in [5.74, 6) is -0.359. The van der Waals surface area contributed by atoms with Gasteiger partial charge in [0.25, 0.3) is 5.91 Å². The molecule has 1 saturated heterocycles. The Hall–Kier alpha value is -3.35. The summed E-state index contributed by atoms with van der Waals surface area (Å²) in [5.41, 5.74) is 0.246. The number of hydrogen-bond donors (Lipinski definition) is 0.